The van der Waals surface area contributed by atoms with Crippen molar-refractivity contribution in [3.05, 3.63) is 29.8 Å². The molecule has 18 heavy (non-hydrogen) atoms. The molecule has 2 rings (SSSR count). The average molecular weight is 249 g/mol. The lowest BCUT2D eigenvalue weighted by Crippen LogP contribution is -2.19. The van der Waals surface area contributed by atoms with Gasteiger partial charge in [-0.1, -0.05) is 6.92 Å². The first-order valence-corrected chi connectivity index (χ1v) is 6.02. The Morgan fingerprint density at radius 3 is 2.83 bits per heavy atom. The molecule has 0 aliphatic carbocycles. The Hall–Kier alpha value is -1.82. The Bertz CT molecular complexity index is 516. The van der Waals surface area contributed by atoms with E-state index in [9.17, 15) is 0 Å². The summed E-state index contributed by atoms with van der Waals surface area (Å²) < 4.78 is 8.95. The number of nitrogens with two attached hydrogens (primary N) is 1. The van der Waals surface area contributed by atoms with Crippen LogP contribution in [0.15, 0.2) is 18.5 Å². The maximum Gasteiger partial charge on any atom is 0.161 e. The van der Waals surface area contributed by atoms with Gasteiger partial charge in [0.2, 0.25) is 0 Å². The van der Waals surface area contributed by atoms with E-state index < -0.39 is 0 Å². The van der Waals surface area contributed by atoms with E-state index >= 15 is 0 Å². The smallest absolute Gasteiger partial charge is 0.161 e. The molecule has 0 fully saturated rings. The lowest BCUT2D eigenvalue weighted by Gasteiger charge is -2.13. The summed E-state index contributed by atoms with van der Waals surface area (Å²) in [5, 5.41) is 8.65. The zero-order valence-electron chi connectivity index (χ0n) is 11.0. The molecule has 1 atom stereocenters. The van der Waals surface area contributed by atoms with Crippen LogP contribution in [0.1, 0.15) is 30.8 Å². The molecule has 6 nitrogen and oxygen atoms in total. The van der Waals surface area contributed by atoms with Gasteiger partial charge >= 0.3 is 0 Å². The van der Waals surface area contributed by atoms with E-state index in [2.05, 4.69) is 17.1 Å². The van der Waals surface area contributed by atoms with Gasteiger partial charge in [-0.25, -0.2) is 0 Å². The topological polar surface area (TPSA) is 70.9 Å². The van der Waals surface area contributed by atoms with Crippen molar-refractivity contribution in [2.45, 2.75) is 25.9 Å². The first-order chi connectivity index (χ1) is 8.67. The maximum absolute atomic E-state index is 6.26. The van der Waals surface area contributed by atoms with Gasteiger partial charge in [0.05, 0.1) is 25.0 Å². The second-order valence-corrected chi connectivity index (χ2v) is 4.21. The Kier molecular flexibility index (Phi) is 3.66. The van der Waals surface area contributed by atoms with E-state index in [1.54, 1.807) is 18.0 Å². The average Bonchev–Trinajstić information content (AvgIpc) is 2.95. The highest BCUT2D eigenvalue weighted by Crippen LogP contribution is 2.27. The molecule has 0 radical (unpaired) electrons. The number of ether oxygens (including phenoxy) is 1. The highest BCUT2D eigenvalue weighted by atomic mass is 16.5. The van der Waals surface area contributed by atoms with Gasteiger partial charge < -0.3 is 10.5 Å². The molecule has 0 saturated carbocycles. The third-order valence-electron chi connectivity index (χ3n) is 2.85. The predicted molar refractivity (Wildman–Crippen MR) is 68.3 cm³/mol. The zero-order valence-corrected chi connectivity index (χ0v) is 11.0. The summed E-state index contributed by atoms with van der Waals surface area (Å²) >= 11 is 0. The molecule has 2 aromatic heterocycles. The summed E-state index contributed by atoms with van der Waals surface area (Å²) in [4.78, 5) is 0. The molecule has 0 bridgehead atoms. The minimum absolute atomic E-state index is 0.324. The van der Waals surface area contributed by atoms with Crippen molar-refractivity contribution in [3.8, 4) is 5.75 Å². The number of methoxy groups -OCH3 is 1. The van der Waals surface area contributed by atoms with Crippen LogP contribution < -0.4 is 10.5 Å². The Morgan fingerprint density at radius 1 is 1.50 bits per heavy atom. The van der Waals surface area contributed by atoms with Gasteiger partial charge in [-0.15, -0.1) is 0 Å². The molecule has 6 heteroatoms. The maximum atomic E-state index is 6.26. The summed E-state index contributed by atoms with van der Waals surface area (Å²) in [7, 11) is 3.50. The first kappa shape index (κ1) is 12.6. The highest BCUT2D eigenvalue weighted by Gasteiger charge is 2.21. The Morgan fingerprint density at radius 2 is 2.28 bits per heavy atom. The molecule has 0 amide bonds. The lowest BCUT2D eigenvalue weighted by atomic mass is 10.1. The van der Waals surface area contributed by atoms with E-state index in [1.807, 2.05) is 24.0 Å². The molecular weight excluding hydrogens is 230 g/mol. The number of hydrogen-bond donors (Lipinski definition) is 1. The molecular formula is C12H19N5O. The van der Waals surface area contributed by atoms with Crippen LogP contribution in [0, 0.1) is 0 Å². The van der Waals surface area contributed by atoms with E-state index in [4.69, 9.17) is 10.5 Å². The monoisotopic (exact) mass is 249 g/mol. The number of hydrogen-bond acceptors (Lipinski definition) is 4. The highest BCUT2D eigenvalue weighted by molar-refractivity contribution is 5.33. The molecule has 2 N–H and O–H groups in total. The molecule has 0 aliphatic rings. The largest absolute Gasteiger partial charge is 0.493 e. The number of nitrogens with zero attached hydrogens (tertiary/aromatic N) is 4. The first-order valence-electron chi connectivity index (χ1n) is 6.02. The quantitative estimate of drug-likeness (QED) is 0.861. The van der Waals surface area contributed by atoms with Crippen molar-refractivity contribution in [2.75, 3.05) is 7.11 Å². The summed E-state index contributed by atoms with van der Waals surface area (Å²) in [6.45, 7) is 2.92. The third kappa shape index (κ3) is 2.24. The molecule has 2 aromatic rings. The molecule has 0 spiro atoms. The minimum atomic E-state index is -0.324. The van der Waals surface area contributed by atoms with Crippen LogP contribution in [0.2, 0.25) is 0 Å². The fourth-order valence-electron chi connectivity index (χ4n) is 1.98. The fourth-order valence-corrected chi connectivity index (χ4v) is 1.98. The molecule has 0 aliphatic heterocycles. The van der Waals surface area contributed by atoms with E-state index in [1.165, 1.54) is 0 Å². The molecule has 0 aromatic carbocycles. The van der Waals surface area contributed by atoms with Crippen molar-refractivity contribution < 1.29 is 4.74 Å². The van der Waals surface area contributed by atoms with E-state index in [-0.39, 0.29) is 6.04 Å². The molecule has 98 valence electrons. The SMILES string of the molecule is CCCn1ncc(OC)c1C(N)c1ccn(C)n1. The third-order valence-corrected chi connectivity index (χ3v) is 2.85. The second kappa shape index (κ2) is 5.22. The Balaban J connectivity index is 2.38. The minimum Gasteiger partial charge on any atom is -0.493 e. The van der Waals surface area contributed by atoms with Crippen molar-refractivity contribution in [1.29, 1.82) is 0 Å². The summed E-state index contributed by atoms with van der Waals surface area (Å²) in [6.07, 6.45) is 4.57. The number of aryl methyl sites for hydroxylation is 2. The van der Waals surface area contributed by atoms with Gasteiger partial charge in [0.25, 0.3) is 0 Å². The molecule has 0 saturated heterocycles. The standard InChI is InChI=1S/C12H19N5O/c1-4-6-17-12(10(18-3)8-14-17)11(13)9-5-7-16(2)15-9/h5,7-8,11H,4,6,13H2,1-3H3. The normalized spacial score (nSPS) is 12.7. The van der Waals surface area contributed by atoms with E-state index in [0.29, 0.717) is 5.75 Å². The number of rotatable bonds is 5. The molecule has 2 heterocycles. The van der Waals surface area contributed by atoms with Gasteiger partial charge in [0.1, 0.15) is 5.69 Å². The van der Waals surface area contributed by atoms with Crippen molar-refractivity contribution >= 4 is 0 Å². The van der Waals surface area contributed by atoms with Crippen LogP contribution in [0.25, 0.3) is 0 Å². The van der Waals surface area contributed by atoms with Gasteiger partial charge in [-0.05, 0) is 12.5 Å². The van der Waals surface area contributed by atoms with Gasteiger partial charge in [0, 0.05) is 19.8 Å². The Labute approximate surface area is 106 Å². The van der Waals surface area contributed by atoms with Gasteiger partial charge in [0.15, 0.2) is 5.75 Å². The zero-order chi connectivity index (χ0) is 13.1. The summed E-state index contributed by atoms with van der Waals surface area (Å²) in [5.74, 6) is 0.710. The second-order valence-electron chi connectivity index (χ2n) is 4.21. The van der Waals surface area contributed by atoms with E-state index in [0.717, 1.165) is 24.4 Å². The van der Waals surface area contributed by atoms with Crippen LogP contribution in [0.5, 0.6) is 5.75 Å². The van der Waals surface area contributed by atoms with Crippen LogP contribution in [0.4, 0.5) is 0 Å². The van der Waals surface area contributed by atoms with Crippen molar-refractivity contribution in [1.82, 2.24) is 19.6 Å². The van der Waals surface area contributed by atoms with Crippen molar-refractivity contribution in [3.63, 3.8) is 0 Å². The summed E-state index contributed by atoms with van der Waals surface area (Å²) in [6, 6.07) is 1.59. The van der Waals surface area contributed by atoms with Crippen LogP contribution in [-0.2, 0) is 13.6 Å². The van der Waals surface area contributed by atoms with Crippen LogP contribution in [-0.4, -0.2) is 26.7 Å². The lowest BCUT2D eigenvalue weighted by molar-refractivity contribution is 0.403. The molecule has 1 unspecified atom stereocenters. The van der Waals surface area contributed by atoms with Crippen LogP contribution in [0.3, 0.4) is 0 Å². The fraction of sp³-hybridized carbons (Fsp3) is 0.500. The predicted octanol–water partition coefficient (Wildman–Crippen LogP) is 1.08. The van der Waals surface area contributed by atoms with Crippen LogP contribution >= 0.6 is 0 Å². The van der Waals surface area contributed by atoms with Gasteiger partial charge in [-0.3, -0.25) is 9.36 Å². The number of aromatic nitrogens is 4. The van der Waals surface area contributed by atoms with Crippen molar-refractivity contribution in [2.24, 2.45) is 12.8 Å². The van der Waals surface area contributed by atoms with Gasteiger partial charge in [-0.2, -0.15) is 10.2 Å². The summed E-state index contributed by atoms with van der Waals surface area (Å²) in [5.41, 5.74) is 7.95.